The molecule has 2 heteroatoms. The number of hydrogen-bond donors (Lipinski definition) is 2. The molecule has 0 spiro atoms. The lowest BCUT2D eigenvalue weighted by Crippen LogP contribution is -2.40. The molecule has 0 fully saturated rings. The van der Waals surface area contributed by atoms with Crippen molar-refractivity contribution in [2.75, 3.05) is 6.54 Å². The standard InChI is InChI=1S/C9H22N2/c1-4-5-6-9(7-10)11-8(2)3/h8-9,11H,4-7,10H2,1-3H3. The summed E-state index contributed by atoms with van der Waals surface area (Å²) in [6.07, 6.45) is 3.75. The minimum absolute atomic E-state index is 0.523. The molecule has 0 heterocycles. The zero-order valence-electron chi connectivity index (χ0n) is 8.06. The van der Waals surface area contributed by atoms with Crippen LogP contribution in [-0.4, -0.2) is 18.6 Å². The van der Waals surface area contributed by atoms with E-state index in [9.17, 15) is 0 Å². The molecular formula is C9H22N2. The van der Waals surface area contributed by atoms with Crippen molar-refractivity contribution < 1.29 is 0 Å². The average Bonchev–Trinajstić information content (AvgIpc) is 1.97. The summed E-state index contributed by atoms with van der Waals surface area (Å²) >= 11 is 0. The van der Waals surface area contributed by atoms with Gasteiger partial charge in [-0.05, 0) is 6.42 Å². The molecule has 0 aliphatic rings. The Balaban J connectivity index is 3.41. The predicted octanol–water partition coefficient (Wildman–Crippen LogP) is 1.50. The summed E-state index contributed by atoms with van der Waals surface area (Å²) in [4.78, 5) is 0. The van der Waals surface area contributed by atoms with E-state index in [4.69, 9.17) is 5.73 Å². The number of hydrogen-bond acceptors (Lipinski definition) is 2. The molecule has 0 aliphatic carbocycles. The third-order valence-corrected chi connectivity index (χ3v) is 1.76. The fourth-order valence-electron chi connectivity index (χ4n) is 1.19. The Hall–Kier alpha value is -0.0800. The van der Waals surface area contributed by atoms with Crippen molar-refractivity contribution in [3.05, 3.63) is 0 Å². The maximum atomic E-state index is 5.60. The Morgan fingerprint density at radius 1 is 1.36 bits per heavy atom. The summed E-state index contributed by atoms with van der Waals surface area (Å²) < 4.78 is 0. The number of nitrogens with one attached hydrogen (secondary N) is 1. The Kier molecular flexibility index (Phi) is 6.57. The molecule has 3 N–H and O–H groups in total. The van der Waals surface area contributed by atoms with E-state index in [0.29, 0.717) is 12.1 Å². The van der Waals surface area contributed by atoms with E-state index in [2.05, 4.69) is 26.1 Å². The molecule has 2 nitrogen and oxygen atoms in total. The molecule has 0 saturated carbocycles. The van der Waals surface area contributed by atoms with Gasteiger partial charge in [0, 0.05) is 18.6 Å². The van der Waals surface area contributed by atoms with E-state index in [1.165, 1.54) is 19.3 Å². The van der Waals surface area contributed by atoms with Gasteiger partial charge < -0.3 is 11.1 Å². The number of unbranched alkanes of at least 4 members (excludes halogenated alkanes) is 1. The molecule has 68 valence electrons. The van der Waals surface area contributed by atoms with Crippen LogP contribution in [-0.2, 0) is 0 Å². The summed E-state index contributed by atoms with van der Waals surface area (Å²) in [6.45, 7) is 7.30. The van der Waals surface area contributed by atoms with Gasteiger partial charge in [0.2, 0.25) is 0 Å². The Morgan fingerprint density at radius 2 is 2.00 bits per heavy atom. The molecular weight excluding hydrogens is 136 g/mol. The smallest absolute Gasteiger partial charge is 0.0192 e. The molecule has 0 aromatic carbocycles. The maximum Gasteiger partial charge on any atom is 0.0192 e. The first kappa shape index (κ1) is 10.9. The normalized spacial score (nSPS) is 13.9. The van der Waals surface area contributed by atoms with Crippen molar-refractivity contribution in [2.45, 2.75) is 52.1 Å². The molecule has 0 aromatic rings. The monoisotopic (exact) mass is 158 g/mol. The lowest BCUT2D eigenvalue weighted by Gasteiger charge is -2.18. The largest absolute Gasteiger partial charge is 0.329 e. The zero-order chi connectivity index (χ0) is 8.69. The van der Waals surface area contributed by atoms with E-state index < -0.39 is 0 Å². The lowest BCUT2D eigenvalue weighted by atomic mass is 10.1. The molecule has 0 amide bonds. The maximum absolute atomic E-state index is 5.60. The lowest BCUT2D eigenvalue weighted by molar-refractivity contribution is 0.433. The van der Waals surface area contributed by atoms with E-state index in [1.807, 2.05) is 0 Å². The van der Waals surface area contributed by atoms with Crippen molar-refractivity contribution in [1.29, 1.82) is 0 Å². The van der Waals surface area contributed by atoms with E-state index in [0.717, 1.165) is 6.54 Å². The topological polar surface area (TPSA) is 38.0 Å². The van der Waals surface area contributed by atoms with Crippen molar-refractivity contribution in [3.63, 3.8) is 0 Å². The van der Waals surface area contributed by atoms with Gasteiger partial charge in [0.25, 0.3) is 0 Å². The first-order valence-electron chi connectivity index (χ1n) is 4.66. The van der Waals surface area contributed by atoms with E-state index >= 15 is 0 Å². The second-order valence-corrected chi connectivity index (χ2v) is 3.40. The Labute approximate surface area is 70.5 Å². The second kappa shape index (κ2) is 6.62. The summed E-state index contributed by atoms with van der Waals surface area (Å²) in [5, 5.41) is 3.44. The van der Waals surface area contributed by atoms with E-state index in [-0.39, 0.29) is 0 Å². The van der Waals surface area contributed by atoms with Crippen molar-refractivity contribution in [3.8, 4) is 0 Å². The molecule has 0 rings (SSSR count). The third kappa shape index (κ3) is 6.32. The highest BCUT2D eigenvalue weighted by atomic mass is 15.0. The highest BCUT2D eigenvalue weighted by Gasteiger charge is 2.05. The first-order chi connectivity index (χ1) is 5.20. The van der Waals surface area contributed by atoms with Crippen molar-refractivity contribution in [1.82, 2.24) is 5.32 Å². The molecule has 0 radical (unpaired) electrons. The SMILES string of the molecule is CCCCC(CN)NC(C)C. The quantitative estimate of drug-likeness (QED) is 0.615. The number of rotatable bonds is 6. The summed E-state index contributed by atoms with van der Waals surface area (Å²) in [6, 6.07) is 1.08. The van der Waals surface area contributed by atoms with Crippen LogP contribution in [0.15, 0.2) is 0 Å². The molecule has 1 atom stereocenters. The fraction of sp³-hybridized carbons (Fsp3) is 1.00. The van der Waals surface area contributed by atoms with Gasteiger partial charge in [-0.2, -0.15) is 0 Å². The van der Waals surface area contributed by atoms with Crippen LogP contribution in [0.5, 0.6) is 0 Å². The fourth-order valence-corrected chi connectivity index (χ4v) is 1.19. The van der Waals surface area contributed by atoms with E-state index in [1.54, 1.807) is 0 Å². The minimum Gasteiger partial charge on any atom is -0.329 e. The molecule has 0 saturated heterocycles. The minimum atomic E-state index is 0.523. The van der Waals surface area contributed by atoms with Crippen LogP contribution in [0.25, 0.3) is 0 Å². The highest BCUT2D eigenvalue weighted by Crippen LogP contribution is 1.99. The van der Waals surface area contributed by atoms with Gasteiger partial charge in [-0.1, -0.05) is 33.6 Å². The Morgan fingerprint density at radius 3 is 2.36 bits per heavy atom. The molecule has 0 aromatic heterocycles. The van der Waals surface area contributed by atoms with Crippen LogP contribution in [0.2, 0.25) is 0 Å². The van der Waals surface area contributed by atoms with Crippen molar-refractivity contribution >= 4 is 0 Å². The van der Waals surface area contributed by atoms with Gasteiger partial charge >= 0.3 is 0 Å². The van der Waals surface area contributed by atoms with Crippen LogP contribution < -0.4 is 11.1 Å². The first-order valence-corrected chi connectivity index (χ1v) is 4.66. The summed E-state index contributed by atoms with van der Waals surface area (Å²) in [5.74, 6) is 0. The van der Waals surface area contributed by atoms with Crippen LogP contribution in [0.1, 0.15) is 40.0 Å². The van der Waals surface area contributed by atoms with Crippen LogP contribution in [0.3, 0.4) is 0 Å². The van der Waals surface area contributed by atoms with Gasteiger partial charge in [0.05, 0.1) is 0 Å². The van der Waals surface area contributed by atoms with Gasteiger partial charge in [0.15, 0.2) is 0 Å². The van der Waals surface area contributed by atoms with Gasteiger partial charge in [0.1, 0.15) is 0 Å². The third-order valence-electron chi connectivity index (χ3n) is 1.76. The molecule has 11 heavy (non-hydrogen) atoms. The second-order valence-electron chi connectivity index (χ2n) is 3.40. The predicted molar refractivity (Wildman–Crippen MR) is 50.6 cm³/mol. The zero-order valence-corrected chi connectivity index (χ0v) is 8.06. The molecule has 0 aliphatic heterocycles. The van der Waals surface area contributed by atoms with Crippen LogP contribution in [0, 0.1) is 0 Å². The van der Waals surface area contributed by atoms with Gasteiger partial charge in [-0.3, -0.25) is 0 Å². The molecule has 0 bridgehead atoms. The highest BCUT2D eigenvalue weighted by molar-refractivity contribution is 4.69. The van der Waals surface area contributed by atoms with Gasteiger partial charge in [-0.15, -0.1) is 0 Å². The molecule has 1 unspecified atom stereocenters. The van der Waals surface area contributed by atoms with Crippen LogP contribution >= 0.6 is 0 Å². The number of nitrogens with two attached hydrogens (primary N) is 1. The Bertz CT molecular complexity index is 81.6. The average molecular weight is 158 g/mol. The van der Waals surface area contributed by atoms with Crippen molar-refractivity contribution in [2.24, 2.45) is 5.73 Å². The van der Waals surface area contributed by atoms with Crippen LogP contribution in [0.4, 0.5) is 0 Å². The summed E-state index contributed by atoms with van der Waals surface area (Å²) in [5.41, 5.74) is 5.60. The van der Waals surface area contributed by atoms with Gasteiger partial charge in [-0.25, -0.2) is 0 Å². The summed E-state index contributed by atoms with van der Waals surface area (Å²) in [7, 11) is 0.